The molecule has 0 amide bonds. The summed E-state index contributed by atoms with van der Waals surface area (Å²) >= 11 is 0. The quantitative estimate of drug-likeness (QED) is 0.670. The Kier molecular flexibility index (Phi) is 6.32. The lowest BCUT2D eigenvalue weighted by Crippen LogP contribution is -2.39. The van der Waals surface area contributed by atoms with E-state index in [2.05, 4.69) is 18.9 Å². The van der Waals surface area contributed by atoms with Gasteiger partial charge in [0.2, 0.25) is 0 Å². The average Bonchev–Trinajstić information content (AvgIpc) is 2.67. The van der Waals surface area contributed by atoms with E-state index in [-0.39, 0.29) is 5.82 Å². The Balaban J connectivity index is 1.68. The van der Waals surface area contributed by atoms with Gasteiger partial charge in [-0.2, -0.15) is 5.10 Å². The van der Waals surface area contributed by atoms with Crippen molar-refractivity contribution in [3.63, 3.8) is 0 Å². The first kappa shape index (κ1) is 19.2. The smallest absolute Gasteiger partial charge is 0.161 e. The van der Waals surface area contributed by atoms with E-state index in [0.717, 1.165) is 11.1 Å². The Bertz CT molecular complexity index is 766. The SMILES string of the molecule is COc1cc(C=NN2C(C)CCCC2C)ccc1OCc1ccc(F)cc1. The molecule has 2 unspecified atom stereocenters. The van der Waals surface area contributed by atoms with Crippen LogP contribution in [0.15, 0.2) is 47.6 Å². The molecule has 4 nitrogen and oxygen atoms in total. The number of methoxy groups -OCH3 is 1. The summed E-state index contributed by atoms with van der Waals surface area (Å²) < 4.78 is 24.3. The predicted octanol–water partition coefficient (Wildman–Crippen LogP) is 5.01. The molecule has 0 radical (unpaired) electrons. The van der Waals surface area contributed by atoms with E-state index in [9.17, 15) is 4.39 Å². The van der Waals surface area contributed by atoms with Gasteiger partial charge >= 0.3 is 0 Å². The summed E-state index contributed by atoms with van der Waals surface area (Å²) in [5, 5.41) is 6.89. The summed E-state index contributed by atoms with van der Waals surface area (Å²) in [6, 6.07) is 13.0. The molecule has 0 spiro atoms. The van der Waals surface area contributed by atoms with Crippen molar-refractivity contribution in [2.45, 2.75) is 51.8 Å². The Morgan fingerprint density at radius 1 is 1.07 bits per heavy atom. The molecule has 0 bridgehead atoms. The van der Waals surface area contributed by atoms with Crippen LogP contribution in [0.1, 0.15) is 44.2 Å². The van der Waals surface area contributed by atoms with Gasteiger partial charge < -0.3 is 9.47 Å². The number of hydrogen-bond donors (Lipinski definition) is 0. The standard InChI is InChI=1S/C22H27FN2O2/c1-16-5-4-6-17(2)25(16)24-14-19-9-12-21(22(13-19)26-3)27-15-18-7-10-20(23)11-8-18/h7-14,16-17H,4-6,15H2,1-3H3. The van der Waals surface area contributed by atoms with Crippen molar-refractivity contribution >= 4 is 6.21 Å². The van der Waals surface area contributed by atoms with Gasteiger partial charge in [0, 0.05) is 12.1 Å². The van der Waals surface area contributed by atoms with Crippen LogP contribution in [0.4, 0.5) is 4.39 Å². The maximum Gasteiger partial charge on any atom is 0.161 e. The second kappa shape index (κ2) is 8.89. The molecule has 3 rings (SSSR count). The van der Waals surface area contributed by atoms with Crippen molar-refractivity contribution in [3.05, 3.63) is 59.4 Å². The highest BCUT2D eigenvalue weighted by molar-refractivity contribution is 5.80. The minimum Gasteiger partial charge on any atom is -0.493 e. The molecule has 27 heavy (non-hydrogen) atoms. The lowest BCUT2D eigenvalue weighted by Gasteiger charge is -2.36. The third kappa shape index (κ3) is 5.00. The monoisotopic (exact) mass is 370 g/mol. The lowest BCUT2D eigenvalue weighted by atomic mass is 10.00. The number of benzene rings is 2. The van der Waals surface area contributed by atoms with Crippen LogP contribution in [0, 0.1) is 5.82 Å². The van der Waals surface area contributed by atoms with Crippen LogP contribution in [0.25, 0.3) is 0 Å². The summed E-state index contributed by atoms with van der Waals surface area (Å²) in [4.78, 5) is 0. The topological polar surface area (TPSA) is 34.1 Å². The molecule has 2 aromatic carbocycles. The van der Waals surface area contributed by atoms with Gasteiger partial charge in [-0.1, -0.05) is 12.1 Å². The van der Waals surface area contributed by atoms with E-state index in [1.165, 1.54) is 31.4 Å². The second-order valence-electron chi connectivity index (χ2n) is 7.08. The summed E-state index contributed by atoms with van der Waals surface area (Å²) in [5.41, 5.74) is 1.86. The normalized spacial score (nSPS) is 20.1. The highest BCUT2D eigenvalue weighted by Gasteiger charge is 2.22. The average molecular weight is 370 g/mol. The summed E-state index contributed by atoms with van der Waals surface area (Å²) in [5.74, 6) is 1.05. The highest BCUT2D eigenvalue weighted by atomic mass is 19.1. The molecular weight excluding hydrogens is 343 g/mol. The first-order chi connectivity index (χ1) is 13.1. The fraction of sp³-hybridized carbons (Fsp3) is 0.409. The van der Waals surface area contributed by atoms with E-state index >= 15 is 0 Å². The fourth-order valence-corrected chi connectivity index (χ4v) is 3.39. The van der Waals surface area contributed by atoms with Gasteiger partial charge in [0.05, 0.1) is 13.3 Å². The zero-order valence-electron chi connectivity index (χ0n) is 16.2. The Morgan fingerprint density at radius 3 is 2.44 bits per heavy atom. The number of piperidine rings is 1. The van der Waals surface area contributed by atoms with E-state index in [1.54, 1.807) is 19.2 Å². The summed E-state index contributed by atoms with van der Waals surface area (Å²) in [6.07, 6.45) is 5.51. The van der Waals surface area contributed by atoms with Crippen molar-refractivity contribution in [1.29, 1.82) is 0 Å². The van der Waals surface area contributed by atoms with Crippen LogP contribution < -0.4 is 9.47 Å². The van der Waals surface area contributed by atoms with Crippen LogP contribution in [0.2, 0.25) is 0 Å². The molecule has 0 saturated carbocycles. The number of rotatable bonds is 6. The van der Waals surface area contributed by atoms with Crippen molar-refractivity contribution in [2.75, 3.05) is 7.11 Å². The molecule has 2 aromatic rings. The number of halogens is 1. The molecule has 5 heteroatoms. The molecule has 2 atom stereocenters. The lowest BCUT2D eigenvalue weighted by molar-refractivity contribution is 0.109. The van der Waals surface area contributed by atoms with Crippen LogP contribution in [0.3, 0.4) is 0 Å². The van der Waals surface area contributed by atoms with Crippen LogP contribution >= 0.6 is 0 Å². The van der Waals surface area contributed by atoms with Gasteiger partial charge in [0.25, 0.3) is 0 Å². The van der Waals surface area contributed by atoms with Crippen molar-refractivity contribution in [1.82, 2.24) is 5.01 Å². The maximum atomic E-state index is 13.0. The fourth-order valence-electron chi connectivity index (χ4n) is 3.39. The molecule has 0 aliphatic carbocycles. The van der Waals surface area contributed by atoms with E-state index in [0.29, 0.717) is 30.2 Å². The molecule has 1 aliphatic heterocycles. The molecular formula is C22H27FN2O2. The van der Waals surface area contributed by atoms with Crippen molar-refractivity contribution in [2.24, 2.45) is 5.10 Å². The van der Waals surface area contributed by atoms with Gasteiger partial charge in [-0.25, -0.2) is 4.39 Å². The molecule has 0 aromatic heterocycles. The van der Waals surface area contributed by atoms with Crippen molar-refractivity contribution in [3.8, 4) is 11.5 Å². The Hall–Kier alpha value is -2.56. The third-order valence-corrected chi connectivity index (χ3v) is 4.98. The van der Waals surface area contributed by atoms with E-state index in [4.69, 9.17) is 14.6 Å². The minimum atomic E-state index is -0.252. The van der Waals surface area contributed by atoms with Gasteiger partial charge in [-0.15, -0.1) is 0 Å². The molecule has 1 saturated heterocycles. The predicted molar refractivity (Wildman–Crippen MR) is 106 cm³/mol. The molecule has 144 valence electrons. The number of hydrazone groups is 1. The molecule has 1 aliphatic rings. The van der Waals surface area contributed by atoms with Crippen LogP contribution in [-0.2, 0) is 6.61 Å². The first-order valence-electron chi connectivity index (χ1n) is 9.44. The van der Waals surface area contributed by atoms with Gasteiger partial charge in [-0.05, 0) is 74.6 Å². The molecule has 0 N–H and O–H groups in total. The minimum absolute atomic E-state index is 0.252. The van der Waals surface area contributed by atoms with Crippen molar-refractivity contribution < 1.29 is 13.9 Å². The summed E-state index contributed by atoms with van der Waals surface area (Å²) in [7, 11) is 1.62. The van der Waals surface area contributed by atoms with Gasteiger partial charge in [-0.3, -0.25) is 5.01 Å². The Labute approximate surface area is 160 Å². The summed E-state index contributed by atoms with van der Waals surface area (Å²) in [6.45, 7) is 4.80. The number of nitrogens with zero attached hydrogens (tertiary/aromatic N) is 2. The first-order valence-corrected chi connectivity index (χ1v) is 9.44. The zero-order valence-corrected chi connectivity index (χ0v) is 16.2. The van der Waals surface area contributed by atoms with Gasteiger partial charge in [0.15, 0.2) is 11.5 Å². The maximum absolute atomic E-state index is 13.0. The Morgan fingerprint density at radius 2 is 1.78 bits per heavy atom. The second-order valence-corrected chi connectivity index (χ2v) is 7.08. The zero-order chi connectivity index (χ0) is 19.2. The van der Waals surface area contributed by atoms with Crippen LogP contribution in [0.5, 0.6) is 11.5 Å². The molecule has 1 fully saturated rings. The number of ether oxygens (including phenoxy) is 2. The van der Waals surface area contributed by atoms with E-state index < -0.39 is 0 Å². The third-order valence-electron chi connectivity index (χ3n) is 4.98. The van der Waals surface area contributed by atoms with Crippen LogP contribution in [-0.4, -0.2) is 30.4 Å². The number of hydrogen-bond acceptors (Lipinski definition) is 4. The van der Waals surface area contributed by atoms with E-state index in [1.807, 2.05) is 24.4 Å². The highest BCUT2D eigenvalue weighted by Crippen LogP contribution is 2.29. The van der Waals surface area contributed by atoms with Gasteiger partial charge in [0.1, 0.15) is 12.4 Å². The molecule has 1 heterocycles. The largest absolute Gasteiger partial charge is 0.493 e.